The minimum Gasteiger partial charge on any atom is -0.481 e. The first-order chi connectivity index (χ1) is 30.8. The molecule has 66 heavy (non-hydrogen) atoms. The molecule has 8 atom stereocenters. The second kappa shape index (κ2) is 26.7. The molecule has 8 unspecified atom stereocenters. The van der Waals surface area contributed by atoms with Crippen molar-refractivity contribution in [3.05, 3.63) is 12.7 Å². The van der Waals surface area contributed by atoms with Crippen LogP contribution >= 0.6 is 35.2 Å². The number of phosphoric ester groups is 3. The van der Waals surface area contributed by atoms with E-state index < -0.39 is 96.6 Å². The van der Waals surface area contributed by atoms with Crippen LogP contribution in [0.15, 0.2) is 12.7 Å². The first-order valence-corrected chi connectivity index (χ1v) is 26.3. The van der Waals surface area contributed by atoms with Gasteiger partial charge in [-0.2, -0.15) is 4.31 Å². The van der Waals surface area contributed by atoms with E-state index in [1.165, 1.54) is 13.8 Å². The maximum absolute atomic E-state index is 12.7. The number of carbonyl (C=O) groups is 4. The number of hydrogen-bond donors (Lipinski definition) is 11. The number of hydrogen-bond acceptors (Lipinski definition) is 20. The lowest BCUT2D eigenvalue weighted by Gasteiger charge is -2.30. The third kappa shape index (κ3) is 20.3. The zero-order valence-corrected chi connectivity index (χ0v) is 39.7. The summed E-state index contributed by atoms with van der Waals surface area (Å²) in [5.41, 5.74) is 4.22. The molecular weight excluding hydrogens is 963 g/mol. The summed E-state index contributed by atoms with van der Waals surface area (Å²) < 4.78 is 62.3. The van der Waals surface area contributed by atoms with Crippen LogP contribution in [-0.4, -0.2) is 145 Å². The minimum absolute atomic E-state index is 0.0214. The number of aromatic nitrogens is 4. The molecule has 3 rings (SSSR count). The van der Waals surface area contributed by atoms with Crippen LogP contribution < -0.4 is 16.4 Å². The molecule has 1 fully saturated rings. The molecule has 0 bridgehead atoms. The highest BCUT2D eigenvalue weighted by molar-refractivity contribution is 8.13. The monoisotopic (exact) mass is 1020 g/mol. The molecule has 376 valence electrons. The third-order valence-corrected chi connectivity index (χ3v) is 13.8. The number of aliphatic hydroxyl groups excluding tert-OH is 3. The number of aliphatic hydroxyl groups is 3. The maximum atomic E-state index is 12.7. The number of nitrogens with two attached hydrogens (primary N) is 1. The van der Waals surface area contributed by atoms with E-state index >= 15 is 0 Å². The van der Waals surface area contributed by atoms with E-state index in [4.69, 9.17) is 24.6 Å². The van der Waals surface area contributed by atoms with Crippen molar-refractivity contribution >= 4 is 75.1 Å². The van der Waals surface area contributed by atoms with E-state index in [1.807, 2.05) is 0 Å². The van der Waals surface area contributed by atoms with Crippen molar-refractivity contribution in [3.63, 3.8) is 0 Å². The number of carboxylic acid groups (broad SMARTS) is 1. The summed E-state index contributed by atoms with van der Waals surface area (Å²) in [4.78, 5) is 98.7. The molecule has 1 saturated heterocycles. The Morgan fingerprint density at radius 1 is 0.909 bits per heavy atom. The van der Waals surface area contributed by atoms with Gasteiger partial charge in [0.2, 0.25) is 11.8 Å². The number of nitrogens with zero attached hydrogens (tertiary/aromatic N) is 4. The van der Waals surface area contributed by atoms with Crippen molar-refractivity contribution in [1.29, 1.82) is 0 Å². The molecule has 31 heteroatoms. The molecule has 0 aliphatic carbocycles. The summed E-state index contributed by atoms with van der Waals surface area (Å²) in [6, 6.07) is 0. The van der Waals surface area contributed by atoms with Crippen LogP contribution in [0.3, 0.4) is 0 Å². The Kier molecular flexibility index (Phi) is 23.2. The molecule has 12 N–H and O–H groups in total. The molecule has 2 amide bonds. The van der Waals surface area contributed by atoms with Gasteiger partial charge in [0.05, 0.1) is 25.6 Å². The quantitative estimate of drug-likeness (QED) is 0.0364. The number of rotatable bonds is 32. The number of unbranched alkanes of at least 4 members (excludes halogenated alkanes) is 7. The first-order valence-electron chi connectivity index (χ1n) is 20.8. The van der Waals surface area contributed by atoms with Crippen LogP contribution in [0, 0.1) is 5.41 Å². The number of carboxylic acids is 1. The number of amides is 2. The summed E-state index contributed by atoms with van der Waals surface area (Å²) in [5, 5.41) is 45.0. The fourth-order valence-corrected chi connectivity index (χ4v) is 9.94. The number of phosphoric acid groups is 3. The lowest BCUT2D eigenvalue weighted by molar-refractivity contribution is -0.137. The largest absolute Gasteiger partial charge is 0.481 e. The molecule has 0 spiro atoms. The zero-order chi connectivity index (χ0) is 49.3. The van der Waals surface area contributed by atoms with Crippen molar-refractivity contribution in [2.45, 2.75) is 128 Å². The first kappa shape index (κ1) is 57.3. The fourth-order valence-electron chi connectivity index (χ4n) is 6.37. The number of nitrogen functional groups attached to an aromatic ring is 1. The van der Waals surface area contributed by atoms with Crippen molar-refractivity contribution in [2.75, 3.05) is 37.8 Å². The van der Waals surface area contributed by atoms with Crippen molar-refractivity contribution in [3.8, 4) is 0 Å². The number of aliphatic carboxylic acids is 1. The lowest BCUT2D eigenvalue weighted by atomic mass is 9.87. The molecule has 2 aromatic rings. The summed E-state index contributed by atoms with van der Waals surface area (Å²) in [6.07, 6.45) is 0.158. The molecule has 27 nitrogen and oxygen atoms in total. The maximum Gasteiger partial charge on any atom is 0.481 e. The molecule has 1 aliphatic heterocycles. The molecule has 0 saturated carbocycles. The van der Waals surface area contributed by atoms with Crippen molar-refractivity contribution in [1.82, 2.24) is 30.2 Å². The average molecular weight is 1020 g/mol. The van der Waals surface area contributed by atoms with Gasteiger partial charge in [0, 0.05) is 43.5 Å². The van der Waals surface area contributed by atoms with Crippen LogP contribution in [0.4, 0.5) is 5.82 Å². The van der Waals surface area contributed by atoms with E-state index in [1.54, 1.807) is 0 Å². The number of imidazole rings is 1. The second-order valence-corrected chi connectivity index (χ2v) is 21.3. The normalized spacial score (nSPS) is 20.6. The van der Waals surface area contributed by atoms with Gasteiger partial charge in [0.1, 0.15) is 36.3 Å². The summed E-state index contributed by atoms with van der Waals surface area (Å²) in [5.74, 6) is -2.08. The van der Waals surface area contributed by atoms with Gasteiger partial charge in [-0.1, -0.05) is 70.6 Å². The van der Waals surface area contributed by atoms with Gasteiger partial charge in [0.25, 0.3) is 0 Å². The molecule has 2 aromatic heterocycles. The van der Waals surface area contributed by atoms with Crippen molar-refractivity contribution < 1.29 is 95.5 Å². The number of fused-ring (bicyclic) bond motifs is 1. The molecule has 0 aromatic carbocycles. The van der Waals surface area contributed by atoms with E-state index in [-0.39, 0.29) is 60.2 Å². The standard InChI is InChI=1S/C35H60N7O20P3S/c1-35(2,30(49)33(50)38-14-13-24(44)37-15-16-66-26(47)17-22(43)11-9-7-5-3-4-6-8-10-12-25(45)46)19-59-65(56,57)62-64(54,55)58-18-23-29(61-63(51,52)53)28(48)34(60-23)42-21-41-27-31(36)39-20-40-32(27)42/h20-23,28-30,34,43,48-49H,3-19H2,1-2H3,(H,37,44)(H,38,50)(H,45,46)(H,54,55)(H,56,57)(H2,36,39,40)(H2,51,52,53). The Balaban J connectivity index is 1.34. The van der Waals surface area contributed by atoms with E-state index in [9.17, 15) is 67.8 Å². The lowest BCUT2D eigenvalue weighted by Crippen LogP contribution is -2.46. The SMILES string of the molecule is CC(C)(COP(=O)(O)OP(=O)(O)OCC1OC(n2cnc3c(N)ncnc32)C(O)C1OP(=O)(O)O)C(O)C(=O)NCCC(=O)NCCSC(=O)CC(O)CCCCCCCCCCC(=O)O. The Morgan fingerprint density at radius 2 is 1.55 bits per heavy atom. The Labute approximate surface area is 383 Å². The molecular formula is C35H60N7O20P3S. The highest BCUT2D eigenvalue weighted by Gasteiger charge is 2.50. The predicted octanol–water partition coefficient (Wildman–Crippen LogP) is 1.40. The summed E-state index contributed by atoms with van der Waals surface area (Å²) in [6.45, 7) is 0.305. The Morgan fingerprint density at radius 3 is 2.20 bits per heavy atom. The van der Waals surface area contributed by atoms with E-state index in [0.29, 0.717) is 12.8 Å². The van der Waals surface area contributed by atoms with Gasteiger partial charge in [-0.15, -0.1) is 0 Å². The second-order valence-electron chi connectivity index (χ2n) is 15.9. The summed E-state index contributed by atoms with van der Waals surface area (Å²) in [7, 11) is -16.5. The van der Waals surface area contributed by atoms with Gasteiger partial charge in [-0.05, 0) is 12.8 Å². The highest BCUT2D eigenvalue weighted by atomic mass is 32.2. The highest BCUT2D eigenvalue weighted by Crippen LogP contribution is 2.61. The number of anilines is 1. The Hall–Kier alpha value is -3.01. The van der Waals surface area contributed by atoms with Gasteiger partial charge in [-0.3, -0.25) is 37.3 Å². The number of carbonyl (C=O) groups excluding carboxylic acids is 3. The van der Waals surface area contributed by atoms with Crippen molar-refractivity contribution in [2.24, 2.45) is 5.41 Å². The van der Waals surface area contributed by atoms with Crippen LogP contribution in [0.1, 0.15) is 97.1 Å². The Bertz CT molecular complexity index is 2060. The minimum atomic E-state index is -5.60. The molecule has 1 aliphatic rings. The van der Waals surface area contributed by atoms with Crippen LogP contribution in [-0.2, 0) is 55.5 Å². The van der Waals surface area contributed by atoms with Crippen LogP contribution in [0.5, 0.6) is 0 Å². The van der Waals surface area contributed by atoms with Crippen LogP contribution in [0.2, 0.25) is 0 Å². The van der Waals surface area contributed by atoms with E-state index in [2.05, 4.69) is 34.4 Å². The topological polar surface area (TPSA) is 421 Å². The van der Waals surface area contributed by atoms with Gasteiger partial charge >= 0.3 is 29.4 Å². The van der Waals surface area contributed by atoms with Gasteiger partial charge in [-0.25, -0.2) is 28.6 Å². The number of ether oxygens (including phenoxy) is 1. The number of thioether (sulfide) groups is 1. The molecule has 3 heterocycles. The average Bonchev–Trinajstić information content (AvgIpc) is 3.78. The summed E-state index contributed by atoms with van der Waals surface area (Å²) >= 11 is 0.960. The zero-order valence-electron chi connectivity index (χ0n) is 36.2. The van der Waals surface area contributed by atoms with Crippen LogP contribution in [0.25, 0.3) is 11.2 Å². The van der Waals surface area contributed by atoms with Gasteiger partial charge < -0.3 is 61.1 Å². The number of nitrogens with one attached hydrogen (secondary N) is 2. The third-order valence-electron chi connectivity index (χ3n) is 9.85. The van der Waals surface area contributed by atoms with E-state index in [0.717, 1.165) is 73.9 Å². The predicted molar refractivity (Wildman–Crippen MR) is 232 cm³/mol. The fraction of sp³-hybridized carbons (Fsp3) is 0.743. The molecule has 0 radical (unpaired) electrons. The smallest absolute Gasteiger partial charge is 0.481 e. The van der Waals surface area contributed by atoms with Gasteiger partial charge in [0.15, 0.2) is 22.8 Å².